The number of aromatic nitrogens is 2. The lowest BCUT2D eigenvalue weighted by molar-refractivity contribution is -0.115. The van der Waals surface area contributed by atoms with Gasteiger partial charge >= 0.3 is 0 Å². The number of fused-ring (bicyclic) bond motifs is 1. The summed E-state index contributed by atoms with van der Waals surface area (Å²) in [7, 11) is 0. The zero-order valence-electron chi connectivity index (χ0n) is 9.73. The lowest BCUT2D eigenvalue weighted by Gasteiger charge is -2.37. The normalized spacial score (nSPS) is 20.5. The highest BCUT2D eigenvalue weighted by Crippen LogP contribution is 2.31. The van der Waals surface area contributed by atoms with Crippen molar-refractivity contribution in [3.8, 4) is 0 Å². The highest BCUT2D eigenvalue weighted by molar-refractivity contribution is 6.28. The molecule has 1 aromatic heterocycles. The minimum atomic E-state index is -0.0417. The minimum Gasteiger partial charge on any atom is -0.381 e. The van der Waals surface area contributed by atoms with Crippen LogP contribution in [0.4, 0.5) is 11.5 Å². The predicted octanol–water partition coefficient (Wildman–Crippen LogP) is 1.07. The third kappa shape index (κ3) is 2.13. The first-order valence-corrected chi connectivity index (χ1v) is 6.28. The molecule has 3 heterocycles. The van der Waals surface area contributed by atoms with Crippen LogP contribution in [0.3, 0.4) is 0 Å². The van der Waals surface area contributed by atoms with Crippen molar-refractivity contribution in [3.05, 3.63) is 11.5 Å². The van der Waals surface area contributed by atoms with E-state index in [4.69, 9.17) is 16.3 Å². The van der Waals surface area contributed by atoms with E-state index in [9.17, 15) is 4.79 Å². The number of carbonyl (C=O) groups is 1. The fraction of sp³-hybridized carbons (Fsp3) is 0.545. The van der Waals surface area contributed by atoms with Crippen LogP contribution in [0, 0.1) is 0 Å². The Bertz CT molecular complexity index is 476. The molecule has 18 heavy (non-hydrogen) atoms. The molecule has 0 spiro atoms. The number of anilines is 2. The number of rotatable bonds is 1. The number of ether oxygens (including phenoxy) is 1. The zero-order valence-corrected chi connectivity index (χ0v) is 10.5. The van der Waals surface area contributed by atoms with E-state index < -0.39 is 0 Å². The highest BCUT2D eigenvalue weighted by atomic mass is 35.5. The second-order valence-electron chi connectivity index (χ2n) is 4.40. The van der Waals surface area contributed by atoms with Crippen LogP contribution in [-0.4, -0.2) is 41.7 Å². The second kappa shape index (κ2) is 4.70. The smallest absolute Gasteiger partial charge is 0.244 e. The van der Waals surface area contributed by atoms with Gasteiger partial charge in [0, 0.05) is 19.3 Å². The molecule has 0 aromatic carbocycles. The van der Waals surface area contributed by atoms with Gasteiger partial charge in [-0.2, -0.15) is 4.98 Å². The predicted molar refractivity (Wildman–Crippen MR) is 66.9 cm³/mol. The quantitative estimate of drug-likeness (QED) is 0.772. The van der Waals surface area contributed by atoms with E-state index in [2.05, 4.69) is 15.3 Å². The standard InChI is InChI=1S/C11H13ClN4O2/c12-11-13-5-8-10(15-11)16(6-9(17)14-8)7-1-3-18-4-2-7/h5,7H,1-4,6H2,(H,14,17). The summed E-state index contributed by atoms with van der Waals surface area (Å²) in [6.07, 6.45) is 3.34. The van der Waals surface area contributed by atoms with Gasteiger partial charge in [0.1, 0.15) is 5.69 Å². The number of amides is 1. The average Bonchev–Trinajstić information content (AvgIpc) is 2.39. The van der Waals surface area contributed by atoms with Gasteiger partial charge in [-0.1, -0.05) is 0 Å². The van der Waals surface area contributed by atoms with Gasteiger partial charge in [-0.25, -0.2) is 4.98 Å². The molecule has 0 atom stereocenters. The van der Waals surface area contributed by atoms with Gasteiger partial charge in [-0.3, -0.25) is 4.79 Å². The van der Waals surface area contributed by atoms with Crippen molar-refractivity contribution in [3.63, 3.8) is 0 Å². The maximum atomic E-state index is 11.7. The summed E-state index contributed by atoms with van der Waals surface area (Å²) in [5.74, 6) is 0.668. The van der Waals surface area contributed by atoms with E-state index >= 15 is 0 Å². The second-order valence-corrected chi connectivity index (χ2v) is 4.73. The van der Waals surface area contributed by atoms with Crippen molar-refractivity contribution in [2.24, 2.45) is 0 Å². The first-order chi connectivity index (χ1) is 8.74. The van der Waals surface area contributed by atoms with Crippen molar-refractivity contribution in [1.82, 2.24) is 9.97 Å². The molecule has 1 N–H and O–H groups in total. The van der Waals surface area contributed by atoms with Crippen LogP contribution in [-0.2, 0) is 9.53 Å². The first-order valence-electron chi connectivity index (χ1n) is 5.91. The van der Waals surface area contributed by atoms with Crippen LogP contribution in [0.1, 0.15) is 12.8 Å². The Morgan fingerprint density at radius 3 is 3.00 bits per heavy atom. The van der Waals surface area contributed by atoms with Crippen LogP contribution >= 0.6 is 11.6 Å². The molecule has 1 fully saturated rings. The molecule has 6 nitrogen and oxygen atoms in total. The molecule has 2 aliphatic heterocycles. The topological polar surface area (TPSA) is 67.4 Å². The number of nitrogens with one attached hydrogen (secondary N) is 1. The fourth-order valence-electron chi connectivity index (χ4n) is 2.38. The Morgan fingerprint density at radius 1 is 1.44 bits per heavy atom. The van der Waals surface area contributed by atoms with Gasteiger partial charge in [0.15, 0.2) is 5.82 Å². The zero-order chi connectivity index (χ0) is 12.5. The van der Waals surface area contributed by atoms with Crippen LogP contribution in [0.5, 0.6) is 0 Å². The minimum absolute atomic E-state index is 0.0417. The Balaban J connectivity index is 1.94. The molecule has 3 rings (SSSR count). The van der Waals surface area contributed by atoms with Crippen LogP contribution in [0.15, 0.2) is 6.20 Å². The van der Waals surface area contributed by atoms with Gasteiger partial charge in [-0.15, -0.1) is 0 Å². The SMILES string of the molecule is O=C1CN(C2CCOCC2)c2nc(Cl)ncc2N1. The van der Waals surface area contributed by atoms with Crippen LogP contribution in [0.25, 0.3) is 0 Å². The fourth-order valence-corrected chi connectivity index (χ4v) is 2.51. The largest absolute Gasteiger partial charge is 0.381 e. The van der Waals surface area contributed by atoms with Crippen molar-refractivity contribution in [2.45, 2.75) is 18.9 Å². The molecule has 0 radical (unpaired) electrons. The van der Waals surface area contributed by atoms with Crippen molar-refractivity contribution < 1.29 is 9.53 Å². The number of carbonyl (C=O) groups excluding carboxylic acids is 1. The summed E-state index contributed by atoms with van der Waals surface area (Å²) < 4.78 is 5.34. The number of hydrogen-bond donors (Lipinski definition) is 1. The average molecular weight is 269 g/mol. The molecular formula is C11H13ClN4O2. The van der Waals surface area contributed by atoms with E-state index in [1.165, 1.54) is 0 Å². The maximum Gasteiger partial charge on any atom is 0.244 e. The molecule has 0 unspecified atom stereocenters. The van der Waals surface area contributed by atoms with Gasteiger partial charge in [0.2, 0.25) is 11.2 Å². The number of hydrogen-bond acceptors (Lipinski definition) is 5. The van der Waals surface area contributed by atoms with E-state index in [1.54, 1.807) is 6.20 Å². The first kappa shape index (κ1) is 11.7. The molecule has 0 saturated carbocycles. The Kier molecular flexibility index (Phi) is 3.05. The molecule has 0 bridgehead atoms. The molecule has 0 aliphatic carbocycles. The van der Waals surface area contributed by atoms with E-state index in [-0.39, 0.29) is 17.2 Å². The summed E-state index contributed by atoms with van der Waals surface area (Å²) in [5, 5.41) is 2.96. The van der Waals surface area contributed by atoms with Crippen molar-refractivity contribution >= 4 is 29.0 Å². The summed E-state index contributed by atoms with van der Waals surface area (Å²) in [6.45, 7) is 1.75. The molecule has 1 aromatic rings. The summed E-state index contributed by atoms with van der Waals surface area (Å²) in [4.78, 5) is 21.8. The van der Waals surface area contributed by atoms with Gasteiger partial charge in [-0.05, 0) is 24.4 Å². The lowest BCUT2D eigenvalue weighted by atomic mass is 10.1. The van der Waals surface area contributed by atoms with Gasteiger partial charge in [0.25, 0.3) is 0 Å². The van der Waals surface area contributed by atoms with Gasteiger partial charge in [0.05, 0.1) is 12.7 Å². The summed E-state index contributed by atoms with van der Waals surface area (Å²) >= 11 is 5.83. The Morgan fingerprint density at radius 2 is 2.22 bits per heavy atom. The lowest BCUT2D eigenvalue weighted by Crippen LogP contribution is -2.47. The highest BCUT2D eigenvalue weighted by Gasteiger charge is 2.30. The van der Waals surface area contributed by atoms with E-state index in [0.29, 0.717) is 18.1 Å². The molecule has 96 valence electrons. The summed E-state index contributed by atoms with van der Waals surface area (Å²) in [5.41, 5.74) is 0.627. The van der Waals surface area contributed by atoms with Crippen molar-refractivity contribution in [1.29, 1.82) is 0 Å². The summed E-state index contributed by atoms with van der Waals surface area (Å²) in [6, 6.07) is 0.273. The Labute approximate surface area is 109 Å². The third-order valence-electron chi connectivity index (χ3n) is 3.23. The van der Waals surface area contributed by atoms with Crippen molar-refractivity contribution in [2.75, 3.05) is 30.0 Å². The number of halogens is 1. The Hall–Kier alpha value is -1.40. The number of nitrogens with zero attached hydrogens (tertiary/aromatic N) is 3. The maximum absolute atomic E-state index is 11.7. The molecular weight excluding hydrogens is 256 g/mol. The molecule has 1 saturated heterocycles. The van der Waals surface area contributed by atoms with Crippen LogP contribution < -0.4 is 10.2 Å². The van der Waals surface area contributed by atoms with Gasteiger partial charge < -0.3 is 15.0 Å². The molecule has 1 amide bonds. The monoisotopic (exact) mass is 268 g/mol. The molecule has 7 heteroatoms. The third-order valence-corrected chi connectivity index (χ3v) is 3.41. The van der Waals surface area contributed by atoms with E-state index in [1.807, 2.05) is 4.90 Å². The van der Waals surface area contributed by atoms with Crippen LogP contribution in [0.2, 0.25) is 5.28 Å². The molecule has 2 aliphatic rings. The van der Waals surface area contributed by atoms with E-state index in [0.717, 1.165) is 26.1 Å².